The summed E-state index contributed by atoms with van der Waals surface area (Å²) in [6, 6.07) is 0.427. The van der Waals surface area contributed by atoms with E-state index < -0.39 is 0 Å². The van der Waals surface area contributed by atoms with E-state index in [1.165, 1.54) is 19.3 Å². The zero-order valence-corrected chi connectivity index (χ0v) is 8.93. The molecule has 0 aromatic carbocycles. The van der Waals surface area contributed by atoms with Crippen molar-refractivity contribution in [2.24, 2.45) is 23.0 Å². The van der Waals surface area contributed by atoms with Crippen molar-refractivity contribution in [3.63, 3.8) is 0 Å². The minimum Gasteiger partial charge on any atom is -0.327 e. The summed E-state index contributed by atoms with van der Waals surface area (Å²) >= 11 is 0. The molecule has 0 radical (unpaired) electrons. The van der Waals surface area contributed by atoms with E-state index in [-0.39, 0.29) is 0 Å². The lowest BCUT2D eigenvalue weighted by Gasteiger charge is -2.23. The normalized spacial score (nSPS) is 36.8. The minimum atomic E-state index is 0.383. The van der Waals surface area contributed by atoms with Gasteiger partial charge >= 0.3 is 0 Å². The van der Waals surface area contributed by atoms with Gasteiger partial charge in [-0.2, -0.15) is 0 Å². The molecule has 0 aromatic rings. The van der Waals surface area contributed by atoms with Gasteiger partial charge in [0.25, 0.3) is 0 Å². The fourth-order valence-electron chi connectivity index (χ4n) is 2.32. The molecule has 0 heterocycles. The summed E-state index contributed by atoms with van der Waals surface area (Å²) < 4.78 is 0. The molecule has 1 aliphatic carbocycles. The van der Waals surface area contributed by atoms with Crippen molar-refractivity contribution in [3.05, 3.63) is 0 Å². The van der Waals surface area contributed by atoms with Crippen molar-refractivity contribution in [2.75, 3.05) is 0 Å². The molecular formula is C11H23N. The van der Waals surface area contributed by atoms with Crippen molar-refractivity contribution >= 4 is 0 Å². The highest BCUT2D eigenvalue weighted by molar-refractivity contribution is 4.93. The van der Waals surface area contributed by atoms with Crippen molar-refractivity contribution in [3.8, 4) is 0 Å². The molecule has 1 saturated carbocycles. The Hall–Kier alpha value is -0.0400. The van der Waals surface area contributed by atoms with Crippen molar-refractivity contribution in [2.45, 2.75) is 53.0 Å². The molecular weight excluding hydrogens is 146 g/mol. The zero-order valence-electron chi connectivity index (χ0n) is 8.93. The molecule has 1 fully saturated rings. The van der Waals surface area contributed by atoms with E-state index in [1.54, 1.807) is 0 Å². The highest BCUT2D eigenvalue weighted by Gasteiger charge is 2.39. The number of nitrogens with two attached hydrogens (primary N) is 1. The van der Waals surface area contributed by atoms with Gasteiger partial charge in [-0.25, -0.2) is 0 Å². The van der Waals surface area contributed by atoms with Crippen LogP contribution in [0.5, 0.6) is 0 Å². The minimum absolute atomic E-state index is 0.383. The molecule has 3 unspecified atom stereocenters. The van der Waals surface area contributed by atoms with Crippen molar-refractivity contribution in [1.29, 1.82) is 0 Å². The van der Waals surface area contributed by atoms with E-state index in [0.717, 1.165) is 11.8 Å². The van der Waals surface area contributed by atoms with Crippen LogP contribution in [-0.2, 0) is 0 Å². The molecule has 0 aliphatic heterocycles. The molecule has 2 N–H and O–H groups in total. The highest BCUT2D eigenvalue weighted by atomic mass is 14.7. The van der Waals surface area contributed by atoms with Crippen LogP contribution < -0.4 is 5.73 Å². The second kappa shape index (κ2) is 3.37. The van der Waals surface area contributed by atoms with E-state index in [2.05, 4.69) is 27.7 Å². The highest BCUT2D eigenvalue weighted by Crippen LogP contribution is 2.43. The molecule has 1 rings (SSSR count). The van der Waals surface area contributed by atoms with Crippen LogP contribution in [-0.4, -0.2) is 6.04 Å². The Labute approximate surface area is 76.7 Å². The van der Waals surface area contributed by atoms with Gasteiger partial charge in [0.1, 0.15) is 0 Å². The molecule has 0 spiro atoms. The SMILES string of the molecule is CCC(C)C1CC(N)C(C)(C)C1. The summed E-state index contributed by atoms with van der Waals surface area (Å²) in [6.45, 7) is 9.25. The maximum absolute atomic E-state index is 6.10. The molecule has 0 bridgehead atoms. The fourth-order valence-corrected chi connectivity index (χ4v) is 2.32. The van der Waals surface area contributed by atoms with Gasteiger partial charge < -0.3 is 5.73 Å². The van der Waals surface area contributed by atoms with Gasteiger partial charge in [-0.3, -0.25) is 0 Å². The summed E-state index contributed by atoms with van der Waals surface area (Å²) in [5.74, 6) is 1.73. The molecule has 0 amide bonds. The summed E-state index contributed by atoms with van der Waals surface area (Å²) in [5.41, 5.74) is 6.48. The van der Waals surface area contributed by atoms with E-state index in [9.17, 15) is 0 Å². The standard InChI is InChI=1S/C11H23N/c1-5-8(2)9-6-10(12)11(3,4)7-9/h8-10H,5-7,12H2,1-4H3. The van der Waals surface area contributed by atoms with Crippen LogP contribution in [0.4, 0.5) is 0 Å². The van der Waals surface area contributed by atoms with Gasteiger partial charge in [0.05, 0.1) is 0 Å². The Balaban J connectivity index is 2.54. The Morgan fingerprint density at radius 1 is 1.50 bits per heavy atom. The van der Waals surface area contributed by atoms with Crippen LogP contribution in [0.25, 0.3) is 0 Å². The first-order valence-electron chi connectivity index (χ1n) is 5.23. The third kappa shape index (κ3) is 1.82. The van der Waals surface area contributed by atoms with Gasteiger partial charge in [-0.1, -0.05) is 34.1 Å². The second-order valence-corrected chi connectivity index (χ2v) is 5.18. The van der Waals surface area contributed by atoms with Crippen LogP contribution >= 0.6 is 0 Å². The summed E-state index contributed by atoms with van der Waals surface area (Å²) in [4.78, 5) is 0. The van der Waals surface area contributed by atoms with Gasteiger partial charge in [0.15, 0.2) is 0 Å². The first kappa shape index (κ1) is 10.0. The number of rotatable bonds is 2. The van der Waals surface area contributed by atoms with Crippen LogP contribution in [0.2, 0.25) is 0 Å². The maximum Gasteiger partial charge on any atom is 0.00931 e. The molecule has 72 valence electrons. The Bertz CT molecular complexity index is 151. The number of hydrogen-bond donors (Lipinski definition) is 1. The topological polar surface area (TPSA) is 26.0 Å². The first-order valence-corrected chi connectivity index (χ1v) is 5.23. The smallest absolute Gasteiger partial charge is 0.00931 e. The third-order valence-corrected chi connectivity index (χ3v) is 3.80. The van der Waals surface area contributed by atoms with Gasteiger partial charge in [0.2, 0.25) is 0 Å². The van der Waals surface area contributed by atoms with Crippen LogP contribution in [0.1, 0.15) is 47.0 Å². The first-order chi connectivity index (χ1) is 5.47. The zero-order chi connectivity index (χ0) is 9.35. The third-order valence-electron chi connectivity index (χ3n) is 3.80. The van der Waals surface area contributed by atoms with Crippen molar-refractivity contribution in [1.82, 2.24) is 0 Å². The molecule has 3 atom stereocenters. The fraction of sp³-hybridized carbons (Fsp3) is 1.00. The molecule has 12 heavy (non-hydrogen) atoms. The Kier molecular flexibility index (Phi) is 2.82. The van der Waals surface area contributed by atoms with Gasteiger partial charge in [-0.05, 0) is 30.1 Å². The van der Waals surface area contributed by atoms with Crippen LogP contribution in [0.3, 0.4) is 0 Å². The Morgan fingerprint density at radius 3 is 2.42 bits per heavy atom. The lowest BCUT2D eigenvalue weighted by atomic mass is 9.84. The summed E-state index contributed by atoms with van der Waals surface area (Å²) in [6.07, 6.45) is 3.86. The summed E-state index contributed by atoms with van der Waals surface area (Å²) in [7, 11) is 0. The Morgan fingerprint density at radius 2 is 2.08 bits per heavy atom. The monoisotopic (exact) mass is 169 g/mol. The molecule has 0 aromatic heterocycles. The average molecular weight is 169 g/mol. The molecule has 1 aliphatic rings. The van der Waals surface area contributed by atoms with E-state index >= 15 is 0 Å². The van der Waals surface area contributed by atoms with Gasteiger partial charge in [-0.15, -0.1) is 0 Å². The molecule has 0 saturated heterocycles. The maximum atomic E-state index is 6.10. The van der Waals surface area contributed by atoms with Crippen molar-refractivity contribution < 1.29 is 0 Å². The molecule has 1 heteroatoms. The number of hydrogen-bond acceptors (Lipinski definition) is 1. The summed E-state index contributed by atoms with van der Waals surface area (Å²) in [5, 5.41) is 0. The lowest BCUT2D eigenvalue weighted by Crippen LogP contribution is -2.31. The van der Waals surface area contributed by atoms with E-state index in [0.29, 0.717) is 11.5 Å². The predicted octanol–water partition coefficient (Wildman–Crippen LogP) is 2.80. The molecule has 1 nitrogen and oxygen atoms in total. The predicted molar refractivity (Wildman–Crippen MR) is 53.9 cm³/mol. The van der Waals surface area contributed by atoms with Crippen LogP contribution in [0, 0.1) is 17.3 Å². The van der Waals surface area contributed by atoms with E-state index in [4.69, 9.17) is 5.73 Å². The lowest BCUT2D eigenvalue weighted by molar-refractivity contribution is 0.294. The second-order valence-electron chi connectivity index (χ2n) is 5.18. The van der Waals surface area contributed by atoms with E-state index in [1.807, 2.05) is 0 Å². The van der Waals surface area contributed by atoms with Crippen LogP contribution in [0.15, 0.2) is 0 Å². The largest absolute Gasteiger partial charge is 0.327 e. The van der Waals surface area contributed by atoms with Gasteiger partial charge in [0, 0.05) is 6.04 Å². The quantitative estimate of drug-likeness (QED) is 0.676. The average Bonchev–Trinajstić information content (AvgIpc) is 2.25.